The van der Waals surface area contributed by atoms with Crippen LogP contribution in [0.25, 0.3) is 10.2 Å². The van der Waals surface area contributed by atoms with Gasteiger partial charge in [0.2, 0.25) is 5.78 Å². The van der Waals surface area contributed by atoms with Gasteiger partial charge in [0, 0.05) is 0 Å². The molecule has 178 valence electrons. The van der Waals surface area contributed by atoms with Gasteiger partial charge in [0.1, 0.15) is 11.6 Å². The van der Waals surface area contributed by atoms with Crippen LogP contribution in [-0.2, 0) is 4.79 Å². The first-order chi connectivity index (χ1) is 17.0. The van der Waals surface area contributed by atoms with Crippen molar-refractivity contribution in [3.05, 3.63) is 89.3 Å². The number of ketones is 1. The zero-order valence-electron chi connectivity index (χ0n) is 18.7. The molecule has 0 fully saturated rings. The first-order valence-electron chi connectivity index (χ1n) is 11.1. The Morgan fingerprint density at radius 3 is 2.86 bits per heavy atom. The fourth-order valence-electron chi connectivity index (χ4n) is 3.99. The third-order valence-electron chi connectivity index (χ3n) is 5.68. The maximum absolute atomic E-state index is 13.8. The number of aliphatic hydroxyl groups is 1. The summed E-state index contributed by atoms with van der Waals surface area (Å²) in [6.07, 6.45) is 3.20. The van der Waals surface area contributed by atoms with E-state index in [1.54, 1.807) is 30.3 Å². The number of carbonyl (C=O) groups is 2. The summed E-state index contributed by atoms with van der Waals surface area (Å²) in [6.45, 7) is 2.59. The van der Waals surface area contributed by atoms with Crippen molar-refractivity contribution >= 4 is 38.4 Å². The van der Waals surface area contributed by atoms with Crippen molar-refractivity contribution in [3.63, 3.8) is 0 Å². The van der Waals surface area contributed by atoms with Crippen LogP contribution in [0.15, 0.2) is 76.6 Å². The molecule has 0 bridgehead atoms. The highest BCUT2D eigenvalue weighted by molar-refractivity contribution is 7.22. The fraction of sp³-hybridized carbons (Fsp3) is 0.192. The Bertz CT molecular complexity index is 1440. The molecule has 35 heavy (non-hydrogen) atoms. The van der Waals surface area contributed by atoms with Crippen LogP contribution in [0.4, 0.5) is 9.52 Å². The maximum Gasteiger partial charge on any atom is 0.296 e. The molecule has 0 saturated carbocycles. The van der Waals surface area contributed by atoms with Crippen LogP contribution < -0.4 is 9.64 Å². The highest BCUT2D eigenvalue weighted by Gasteiger charge is 2.46. The van der Waals surface area contributed by atoms with E-state index in [-0.39, 0.29) is 16.5 Å². The number of fused-ring (bicyclic) bond motifs is 1. The first kappa shape index (κ1) is 22.8. The Hall–Kier alpha value is -3.98. The van der Waals surface area contributed by atoms with E-state index < -0.39 is 29.3 Å². The van der Waals surface area contributed by atoms with Crippen molar-refractivity contribution in [3.8, 4) is 5.75 Å². The number of ether oxygens (including phenoxy) is 1. The molecule has 3 heterocycles. The second kappa shape index (κ2) is 9.34. The van der Waals surface area contributed by atoms with E-state index in [2.05, 4.69) is 11.9 Å². The van der Waals surface area contributed by atoms with E-state index in [9.17, 15) is 19.1 Å². The molecule has 7 nitrogen and oxygen atoms in total. The van der Waals surface area contributed by atoms with Crippen molar-refractivity contribution in [2.75, 3.05) is 11.5 Å². The lowest BCUT2D eigenvalue weighted by molar-refractivity contribution is -0.117. The number of unbranched alkanes of at least 4 members (excludes halogenated alkanes) is 1. The normalized spacial score (nSPS) is 15.9. The molecule has 2 aromatic heterocycles. The molecule has 1 amide bonds. The molecular formula is C26H21FN2O5S. The van der Waals surface area contributed by atoms with Crippen molar-refractivity contribution in [2.24, 2.45) is 0 Å². The highest BCUT2D eigenvalue weighted by atomic mass is 32.1. The number of Topliss-reactive ketones (excluding diaryl/α,β-unsaturated/α-hetero) is 1. The number of anilines is 1. The van der Waals surface area contributed by atoms with Crippen LogP contribution in [0.2, 0.25) is 0 Å². The Morgan fingerprint density at radius 1 is 1.23 bits per heavy atom. The van der Waals surface area contributed by atoms with Gasteiger partial charge in [-0.05, 0) is 54.4 Å². The summed E-state index contributed by atoms with van der Waals surface area (Å²) in [5, 5.41) is 11.1. The van der Waals surface area contributed by atoms with E-state index in [0.29, 0.717) is 28.1 Å². The summed E-state index contributed by atoms with van der Waals surface area (Å²) >= 11 is 1.10. The zero-order valence-corrected chi connectivity index (χ0v) is 19.5. The van der Waals surface area contributed by atoms with Crippen LogP contribution >= 0.6 is 11.3 Å². The molecule has 0 saturated heterocycles. The Kier molecular flexibility index (Phi) is 6.08. The number of amides is 1. The molecule has 1 unspecified atom stereocenters. The zero-order chi connectivity index (χ0) is 24.5. The van der Waals surface area contributed by atoms with Crippen molar-refractivity contribution < 1.29 is 28.2 Å². The molecule has 1 aliphatic heterocycles. The lowest BCUT2D eigenvalue weighted by atomic mass is 9.95. The average Bonchev–Trinajstić information content (AvgIpc) is 3.58. The van der Waals surface area contributed by atoms with Gasteiger partial charge in [-0.15, -0.1) is 0 Å². The van der Waals surface area contributed by atoms with Gasteiger partial charge in [0.05, 0.1) is 34.7 Å². The predicted molar refractivity (Wildman–Crippen MR) is 129 cm³/mol. The quantitative estimate of drug-likeness (QED) is 0.240. The van der Waals surface area contributed by atoms with Gasteiger partial charge in [-0.2, -0.15) is 0 Å². The largest absolute Gasteiger partial charge is 0.503 e. The van der Waals surface area contributed by atoms with Crippen LogP contribution in [0.1, 0.15) is 41.9 Å². The number of carbonyl (C=O) groups excluding carboxylic acids is 2. The topological polar surface area (TPSA) is 92.9 Å². The number of nitrogens with zero attached hydrogens (tertiary/aromatic N) is 2. The number of hydrogen-bond acceptors (Lipinski definition) is 7. The van der Waals surface area contributed by atoms with E-state index in [0.717, 1.165) is 24.2 Å². The molecule has 1 aliphatic rings. The molecule has 2 aromatic carbocycles. The van der Waals surface area contributed by atoms with E-state index >= 15 is 0 Å². The smallest absolute Gasteiger partial charge is 0.296 e. The summed E-state index contributed by atoms with van der Waals surface area (Å²) in [5.41, 5.74) is 0.928. The number of aromatic nitrogens is 1. The molecule has 5 rings (SSSR count). The summed E-state index contributed by atoms with van der Waals surface area (Å²) in [4.78, 5) is 32.4. The molecule has 0 spiro atoms. The lowest BCUT2D eigenvalue weighted by Gasteiger charge is -2.24. The highest BCUT2D eigenvalue weighted by Crippen LogP contribution is 2.44. The van der Waals surface area contributed by atoms with Crippen molar-refractivity contribution in [1.29, 1.82) is 0 Å². The van der Waals surface area contributed by atoms with Gasteiger partial charge in [0.15, 0.2) is 16.7 Å². The van der Waals surface area contributed by atoms with E-state index in [1.165, 1.54) is 35.4 Å². The van der Waals surface area contributed by atoms with Gasteiger partial charge in [0.25, 0.3) is 5.91 Å². The summed E-state index contributed by atoms with van der Waals surface area (Å²) < 4.78 is 25.4. The number of thiazole rings is 1. The van der Waals surface area contributed by atoms with Gasteiger partial charge < -0.3 is 14.3 Å². The molecule has 0 aliphatic carbocycles. The average molecular weight is 493 g/mol. The SMILES string of the molecule is CCCCOc1cccc(C2C(C(=O)c3ccco3)=C(O)C(=O)N2c2nc3ccc(F)cc3s2)c1. The van der Waals surface area contributed by atoms with Crippen molar-refractivity contribution in [1.82, 2.24) is 4.98 Å². The molecule has 0 radical (unpaired) electrons. The number of benzene rings is 2. The third kappa shape index (κ3) is 4.19. The van der Waals surface area contributed by atoms with Gasteiger partial charge in [-0.1, -0.05) is 36.8 Å². The molecule has 4 aromatic rings. The monoisotopic (exact) mass is 492 g/mol. The second-order valence-corrected chi connectivity index (χ2v) is 9.04. The molecule has 9 heteroatoms. The lowest BCUT2D eigenvalue weighted by Crippen LogP contribution is -2.31. The maximum atomic E-state index is 13.8. The minimum atomic E-state index is -0.986. The first-order valence-corrected chi connectivity index (χ1v) is 11.9. The van der Waals surface area contributed by atoms with Gasteiger partial charge >= 0.3 is 0 Å². The number of aliphatic hydroxyl groups excluding tert-OH is 1. The Labute approximate surface area is 204 Å². The fourth-order valence-corrected chi connectivity index (χ4v) is 5.01. The van der Waals surface area contributed by atoms with Gasteiger partial charge in [-0.3, -0.25) is 14.5 Å². The molecular weight excluding hydrogens is 471 g/mol. The van der Waals surface area contributed by atoms with E-state index in [4.69, 9.17) is 9.15 Å². The Morgan fingerprint density at radius 2 is 2.09 bits per heavy atom. The minimum absolute atomic E-state index is 0.00655. The summed E-state index contributed by atoms with van der Waals surface area (Å²) in [5.74, 6) is -1.93. The predicted octanol–water partition coefficient (Wildman–Crippen LogP) is 5.99. The standard InChI is InChI=1S/C26H21FN2O5S/c1-2-3-11-33-17-7-4-6-15(13-17)22-21(23(30)19-8-5-12-34-19)24(31)25(32)29(22)26-28-18-10-9-16(27)14-20(18)35-26/h4-10,12-14,22,31H,2-3,11H2,1H3. The summed E-state index contributed by atoms with van der Waals surface area (Å²) in [7, 11) is 0. The second-order valence-electron chi connectivity index (χ2n) is 8.03. The van der Waals surface area contributed by atoms with Crippen LogP contribution in [-0.4, -0.2) is 28.4 Å². The van der Waals surface area contributed by atoms with E-state index in [1.807, 2.05) is 0 Å². The third-order valence-corrected chi connectivity index (χ3v) is 6.70. The Balaban J connectivity index is 1.63. The number of halogens is 1. The van der Waals surface area contributed by atoms with Crippen LogP contribution in [0, 0.1) is 5.82 Å². The van der Waals surface area contributed by atoms with Crippen LogP contribution in [0.5, 0.6) is 5.75 Å². The minimum Gasteiger partial charge on any atom is -0.503 e. The van der Waals surface area contributed by atoms with Crippen LogP contribution in [0.3, 0.4) is 0 Å². The van der Waals surface area contributed by atoms with Crippen molar-refractivity contribution in [2.45, 2.75) is 25.8 Å². The molecule has 1 atom stereocenters. The summed E-state index contributed by atoms with van der Waals surface area (Å²) in [6, 6.07) is 13.2. The number of hydrogen-bond donors (Lipinski definition) is 1. The molecule has 1 N–H and O–H groups in total. The van der Waals surface area contributed by atoms with Gasteiger partial charge in [-0.25, -0.2) is 9.37 Å². The number of rotatable bonds is 8. The number of furan rings is 1.